The van der Waals surface area contributed by atoms with E-state index in [1.54, 1.807) is 63.2 Å². The van der Waals surface area contributed by atoms with Crippen LogP contribution in [-0.2, 0) is 35.5 Å². The first-order valence-corrected chi connectivity index (χ1v) is 45.6. The molecule has 0 fully saturated rings. The Morgan fingerprint density at radius 2 is 0.950 bits per heavy atom. The molecule has 12 heterocycles. The number of allylic oxidation sites excluding steroid dienone is 3. The molecule has 9 aromatic heterocycles. The topological polar surface area (TPSA) is 343 Å². The van der Waals surface area contributed by atoms with Gasteiger partial charge in [0.15, 0.2) is 5.76 Å². The molecule has 11 aromatic rings. The van der Waals surface area contributed by atoms with E-state index in [0.717, 1.165) is 84.8 Å². The molecule has 600 valence electrons. The summed E-state index contributed by atoms with van der Waals surface area (Å²) >= 11 is 35.0. The number of carbonyl (C=O) groups is 3. The molecule has 119 heavy (non-hydrogen) atoms. The Kier molecular flexibility index (Phi) is 39.9. The summed E-state index contributed by atoms with van der Waals surface area (Å²) in [5.41, 5.74) is 17.2. The summed E-state index contributed by atoms with van der Waals surface area (Å²) in [5, 5.41) is 64.8. The smallest absolute Gasteiger partial charge is 0.871 e. The summed E-state index contributed by atoms with van der Waals surface area (Å²) in [4.78, 5) is 89.8. The molecule has 0 saturated heterocycles. The van der Waals surface area contributed by atoms with Crippen LogP contribution >= 0.6 is 165 Å². The number of aryl methyl sites for hydroxylation is 3. The zero-order valence-electron chi connectivity index (χ0n) is 64.8. The molecule has 15 rings (SSSR count). The van der Waals surface area contributed by atoms with E-state index in [9.17, 15) is 49.8 Å². The minimum absolute atomic E-state index is 0. The van der Waals surface area contributed by atoms with Gasteiger partial charge in [0.05, 0.1) is 98.8 Å². The third-order valence-corrected chi connectivity index (χ3v) is 23.5. The Hall–Kier alpha value is -5.38. The fourth-order valence-electron chi connectivity index (χ4n) is 12.7. The van der Waals surface area contributed by atoms with E-state index in [2.05, 4.69) is 68.6 Å². The predicted octanol–water partition coefficient (Wildman–Crippen LogP) is 15.2. The first-order valence-electron chi connectivity index (χ1n) is 35.2. The Balaban J connectivity index is 0.000000225. The number of benzene rings is 3. The number of nitrogens with one attached hydrogen (secondary N) is 2. The number of aliphatic hydroxyl groups excluding tert-OH is 2. The van der Waals surface area contributed by atoms with Crippen molar-refractivity contribution in [2.24, 2.45) is 0 Å². The van der Waals surface area contributed by atoms with Crippen molar-refractivity contribution in [3.05, 3.63) is 278 Å². The molecule has 34 heteroatoms. The maximum Gasteiger partial charge on any atom is 2.00 e. The van der Waals surface area contributed by atoms with Crippen LogP contribution < -0.4 is 74.8 Å². The van der Waals surface area contributed by atoms with Crippen molar-refractivity contribution >= 4 is 238 Å². The average molecular weight is 2360 g/mol. The summed E-state index contributed by atoms with van der Waals surface area (Å²) < 4.78 is 7.27. The van der Waals surface area contributed by atoms with Crippen LogP contribution in [0.2, 0.25) is 20.1 Å². The molecular formula is C85H68Cl4I5N10Na2O11PRu+2. The second-order valence-electron chi connectivity index (χ2n) is 25.7. The maximum absolute atomic E-state index is 12.6. The van der Waals surface area contributed by atoms with Gasteiger partial charge in [0, 0.05) is 118 Å². The summed E-state index contributed by atoms with van der Waals surface area (Å²) in [6, 6.07) is 45.4. The molecule has 8 bridgehead atoms. The van der Waals surface area contributed by atoms with Crippen LogP contribution in [0, 0.1) is 28.1 Å². The van der Waals surface area contributed by atoms with Gasteiger partial charge in [-0.1, -0.05) is 117 Å². The number of carboxylic acids is 3. The number of carbonyl (C=O) groups excluding carboxylic acids is 1. The zero-order chi connectivity index (χ0) is 83.9. The van der Waals surface area contributed by atoms with E-state index in [1.807, 2.05) is 252 Å². The number of halogens is 9. The third-order valence-electron chi connectivity index (χ3n) is 18.2. The SMILES string of the molecule is CC1=C(CCC(=O)O)c2cc3[nH]c(cc4[nH]c(cc5nc(cc1n2)C(C)=C5C(C)O)c(C)c4C(C)O)c(C)c3CCC(=O)O.CPI.O=C([O-])c1c(Cl)c(Cl)c(Cl)c(Cl)c1-c1c2cc(I)c(=O)c(I)c-2oc2c(I)c([O-])c(I)cc12.[Na+].[Na+].[Ru+2].c1ccc(-c2ccccn2)nc1.c1ccc(-c2ccccn2)nc1.c1ccc(-c2ccccn2)nc1. The molecule has 3 unspecified atom stereocenters. The van der Waals surface area contributed by atoms with Gasteiger partial charge < -0.3 is 49.8 Å². The second-order valence-corrected chi connectivity index (χ2v) is 35.3. The molecule has 21 nitrogen and oxygen atoms in total. The van der Waals surface area contributed by atoms with E-state index in [1.165, 1.54) is 0 Å². The van der Waals surface area contributed by atoms with Crippen LogP contribution in [0.4, 0.5) is 0 Å². The molecule has 0 spiro atoms. The number of pyridine rings is 6. The van der Waals surface area contributed by atoms with Crippen LogP contribution in [-0.4, -0.2) is 101 Å². The van der Waals surface area contributed by atoms with E-state index in [-0.39, 0.29) is 165 Å². The zero-order valence-corrected chi connectivity index (χ0v) is 85.3. The molecule has 2 aromatic carbocycles. The van der Waals surface area contributed by atoms with Crippen molar-refractivity contribution in [1.29, 1.82) is 0 Å². The van der Waals surface area contributed by atoms with E-state index in [4.69, 9.17) is 60.8 Å². The third kappa shape index (κ3) is 24.6. The molecular weight excluding hydrogens is 2290 g/mol. The number of rotatable bonds is 13. The monoisotopic (exact) mass is 2360 g/mol. The van der Waals surface area contributed by atoms with Crippen LogP contribution in [0.25, 0.3) is 112 Å². The second kappa shape index (κ2) is 47.1. The molecule has 0 saturated carbocycles. The molecule has 0 amide bonds. The summed E-state index contributed by atoms with van der Waals surface area (Å²) in [7, 11) is 0. The summed E-state index contributed by atoms with van der Waals surface area (Å²) in [6.45, 7) is 13.2. The van der Waals surface area contributed by atoms with Crippen LogP contribution in [0.5, 0.6) is 5.75 Å². The minimum Gasteiger partial charge on any atom is -0.871 e. The number of H-pyrrole nitrogens is 2. The van der Waals surface area contributed by atoms with Crippen molar-refractivity contribution in [3.63, 3.8) is 0 Å². The number of hydrogen-bond donors (Lipinski definition) is 6. The van der Waals surface area contributed by atoms with Crippen molar-refractivity contribution in [2.75, 3.05) is 6.66 Å². The number of aromatic carboxylic acids is 1. The molecule has 4 aliphatic rings. The number of aromatic nitrogens is 10. The quantitative estimate of drug-likeness (QED) is 0.0156. The fourth-order valence-corrected chi connectivity index (χ4v) is 17.3. The van der Waals surface area contributed by atoms with Gasteiger partial charge in [-0.05, 0) is 294 Å². The van der Waals surface area contributed by atoms with Gasteiger partial charge in [-0.3, -0.25) is 44.3 Å². The number of fused-ring (bicyclic) bond motifs is 10. The van der Waals surface area contributed by atoms with Crippen molar-refractivity contribution < 1.29 is 128 Å². The Morgan fingerprint density at radius 1 is 0.521 bits per heavy atom. The minimum atomic E-state index is -1.63. The van der Waals surface area contributed by atoms with Crippen molar-refractivity contribution in [3.8, 4) is 62.4 Å². The number of aliphatic carboxylic acids is 2. The molecule has 3 atom stereocenters. The molecule has 6 N–H and O–H groups in total. The van der Waals surface area contributed by atoms with E-state index >= 15 is 0 Å². The van der Waals surface area contributed by atoms with Crippen LogP contribution in [0.1, 0.15) is 108 Å². The van der Waals surface area contributed by atoms with Crippen LogP contribution in [0.3, 0.4) is 0 Å². The molecule has 3 aliphatic heterocycles. The van der Waals surface area contributed by atoms with Gasteiger partial charge in [-0.25, -0.2) is 9.97 Å². The standard InChI is InChI=1S/C34H38N4O6.C20H4Cl4I4O5.3C10H8N2.CH4IP.2Na.Ru/c1-15-21(7-9-31(41)42)27-14-28-22(8-10-32(43)44)16(2)24(36-28)12-29-34(20(6)40)18(4)26(38-29)13-30-33(19(5)39)17(3)25(37-30)11-23(15)35-27;21-10-8(9(20(31)32)11(22)13(24)12(10)23)7-3-1-5(25)16(29)14(27)18(3)33-19-4(7)2-6(26)17(30)15(19)28;3*1-3-7-11-9(5-1)10-6-2-4-8-12-10;1-3-2;;;/h11-14,19-20,36,38-40H,7-10H2,1-6H3,(H,41,42)(H,43,44);1-2,29H,(H,31,32);3*1-8H;3H,1H3;;;/q;;;;;;2*+1;+2/p-2. The number of carboxylic acid groups (broad SMARTS) is 3. The van der Waals surface area contributed by atoms with Gasteiger partial charge in [0.1, 0.15) is 9.15 Å². The average Bonchev–Trinajstić information content (AvgIpc) is 1.45. The summed E-state index contributed by atoms with van der Waals surface area (Å²) in [5.74, 6) is -3.58. The van der Waals surface area contributed by atoms with E-state index in [0.29, 0.717) is 63.0 Å². The number of hydrogen-bond acceptors (Lipinski definition) is 17. The van der Waals surface area contributed by atoms with Gasteiger partial charge in [-0.15, -0.1) is 0 Å². The normalized spacial score (nSPS) is 11.8. The van der Waals surface area contributed by atoms with Gasteiger partial charge in [-0.2, -0.15) is 0 Å². The van der Waals surface area contributed by atoms with Crippen molar-refractivity contribution in [1.82, 2.24) is 49.8 Å². The first-order chi connectivity index (χ1) is 55.5. The predicted molar refractivity (Wildman–Crippen MR) is 500 cm³/mol. The van der Waals surface area contributed by atoms with Crippen molar-refractivity contribution in [2.45, 2.75) is 79.4 Å². The first kappa shape index (κ1) is 101. The molecule has 0 radical (unpaired) electrons. The van der Waals surface area contributed by atoms with Gasteiger partial charge in [0.25, 0.3) is 0 Å². The summed E-state index contributed by atoms with van der Waals surface area (Å²) in [6.07, 6.45) is 10.5. The van der Waals surface area contributed by atoms with Gasteiger partial charge in [0.2, 0.25) is 5.43 Å². The Morgan fingerprint density at radius 3 is 1.39 bits per heavy atom. The van der Waals surface area contributed by atoms with E-state index < -0.39 is 35.7 Å². The Labute approximate surface area is 831 Å². The fraction of sp³-hybridized carbons (Fsp3) is 0.153. The number of aliphatic hydroxyl groups is 2. The van der Waals surface area contributed by atoms with Crippen LogP contribution in [0.15, 0.2) is 192 Å². The number of nitrogens with zero attached hydrogens (tertiary/aromatic N) is 8. The largest absolute Gasteiger partial charge is 2.00 e. The molecule has 1 aliphatic carbocycles. The Bertz CT molecular complexity index is 5830. The number of aromatic amines is 2. The van der Waals surface area contributed by atoms with Gasteiger partial charge >= 0.3 is 90.5 Å². The maximum atomic E-state index is 12.6.